The summed E-state index contributed by atoms with van der Waals surface area (Å²) in [4.78, 5) is 2.43. The third-order valence-corrected chi connectivity index (χ3v) is 12.2. The fourth-order valence-corrected chi connectivity index (χ4v) is 8.92. The monoisotopic (exact) mass is 801 g/mol. The number of benzene rings is 11. The van der Waals surface area contributed by atoms with Gasteiger partial charge in [-0.05, 0) is 143 Å². The molecule has 0 heterocycles. The van der Waals surface area contributed by atoms with Gasteiger partial charge in [-0.15, -0.1) is 0 Å². The van der Waals surface area contributed by atoms with Crippen molar-refractivity contribution in [1.82, 2.24) is 0 Å². The second-order valence-corrected chi connectivity index (χ2v) is 16.2. The van der Waals surface area contributed by atoms with E-state index in [2.05, 4.69) is 266 Å². The average Bonchev–Trinajstić information content (AvgIpc) is 3.37. The van der Waals surface area contributed by atoms with Crippen LogP contribution in [0.5, 0.6) is 0 Å². The molecule has 0 aliphatic carbocycles. The van der Waals surface area contributed by atoms with Crippen LogP contribution < -0.4 is 4.90 Å². The minimum atomic E-state index is 1.08. The fourth-order valence-electron chi connectivity index (χ4n) is 8.92. The van der Waals surface area contributed by atoms with Gasteiger partial charge in [-0.1, -0.05) is 200 Å². The lowest BCUT2D eigenvalue weighted by atomic mass is 9.93. The smallest absolute Gasteiger partial charge is 0.0546 e. The Labute approximate surface area is 369 Å². The number of nitrogens with zero attached hydrogens (tertiary/aromatic N) is 1. The Balaban J connectivity index is 1.07. The highest BCUT2D eigenvalue weighted by molar-refractivity contribution is 5.94. The van der Waals surface area contributed by atoms with Crippen LogP contribution in [0.2, 0.25) is 0 Å². The summed E-state index contributed by atoms with van der Waals surface area (Å²) >= 11 is 0. The normalized spacial score (nSPS) is 11.2. The zero-order chi connectivity index (χ0) is 42.0. The van der Waals surface area contributed by atoms with Gasteiger partial charge in [0, 0.05) is 16.9 Å². The molecule has 63 heavy (non-hydrogen) atoms. The maximum Gasteiger partial charge on any atom is 0.0546 e. The predicted molar refractivity (Wildman–Crippen MR) is 269 cm³/mol. The van der Waals surface area contributed by atoms with E-state index in [1.54, 1.807) is 0 Å². The van der Waals surface area contributed by atoms with E-state index < -0.39 is 0 Å². The number of rotatable bonds is 9. The van der Waals surface area contributed by atoms with Crippen molar-refractivity contribution < 1.29 is 0 Å². The molecule has 0 atom stereocenters. The van der Waals surface area contributed by atoms with Crippen LogP contribution in [0, 0.1) is 0 Å². The predicted octanol–water partition coefficient (Wildman–Crippen LogP) is 17.5. The van der Waals surface area contributed by atoms with E-state index in [9.17, 15) is 0 Å². The highest BCUT2D eigenvalue weighted by Crippen LogP contribution is 2.44. The number of anilines is 3. The first-order chi connectivity index (χ1) is 31.2. The molecule has 0 fully saturated rings. The van der Waals surface area contributed by atoms with Crippen molar-refractivity contribution in [3.8, 4) is 66.8 Å². The van der Waals surface area contributed by atoms with Crippen LogP contribution in [-0.2, 0) is 0 Å². The van der Waals surface area contributed by atoms with Gasteiger partial charge in [0.1, 0.15) is 0 Å². The molecule has 0 amide bonds. The topological polar surface area (TPSA) is 3.24 Å². The van der Waals surface area contributed by atoms with Crippen LogP contribution in [0.25, 0.3) is 88.3 Å². The lowest BCUT2D eigenvalue weighted by Gasteiger charge is -2.29. The Bertz CT molecular complexity index is 3300. The van der Waals surface area contributed by atoms with Gasteiger partial charge in [-0.3, -0.25) is 0 Å². The van der Waals surface area contributed by atoms with Gasteiger partial charge in [0.15, 0.2) is 0 Å². The first-order valence-corrected chi connectivity index (χ1v) is 21.6. The van der Waals surface area contributed by atoms with Crippen molar-refractivity contribution in [2.75, 3.05) is 4.90 Å². The lowest BCUT2D eigenvalue weighted by Crippen LogP contribution is -2.11. The molecule has 11 aromatic rings. The highest BCUT2D eigenvalue weighted by atomic mass is 15.1. The Morgan fingerprint density at radius 3 is 1.00 bits per heavy atom. The van der Waals surface area contributed by atoms with Crippen LogP contribution >= 0.6 is 0 Å². The zero-order valence-corrected chi connectivity index (χ0v) is 34.8. The van der Waals surface area contributed by atoms with Crippen LogP contribution in [0.3, 0.4) is 0 Å². The summed E-state index contributed by atoms with van der Waals surface area (Å²) in [5.41, 5.74) is 17.4. The second kappa shape index (κ2) is 16.7. The van der Waals surface area contributed by atoms with Gasteiger partial charge in [-0.2, -0.15) is 0 Å². The third-order valence-electron chi connectivity index (χ3n) is 12.2. The summed E-state index contributed by atoms with van der Waals surface area (Å²) in [6.45, 7) is 0. The largest absolute Gasteiger partial charge is 0.310 e. The molecule has 0 saturated heterocycles. The molecule has 0 aliphatic rings. The molecule has 0 aromatic heterocycles. The maximum absolute atomic E-state index is 2.43. The van der Waals surface area contributed by atoms with Gasteiger partial charge >= 0.3 is 0 Å². The molecule has 0 bridgehead atoms. The van der Waals surface area contributed by atoms with Crippen molar-refractivity contribution in [2.45, 2.75) is 0 Å². The van der Waals surface area contributed by atoms with E-state index in [1.807, 2.05) is 0 Å². The van der Waals surface area contributed by atoms with Crippen molar-refractivity contribution in [3.05, 3.63) is 261 Å². The van der Waals surface area contributed by atoms with E-state index in [-0.39, 0.29) is 0 Å². The van der Waals surface area contributed by atoms with Gasteiger partial charge < -0.3 is 4.90 Å². The molecular formula is C62H43N. The van der Waals surface area contributed by atoms with Crippen molar-refractivity contribution in [1.29, 1.82) is 0 Å². The molecule has 0 saturated carbocycles. The van der Waals surface area contributed by atoms with Gasteiger partial charge in [-0.25, -0.2) is 0 Å². The second-order valence-electron chi connectivity index (χ2n) is 16.2. The molecule has 11 rings (SSSR count). The fraction of sp³-hybridized carbons (Fsp3) is 0. The first kappa shape index (κ1) is 37.7. The summed E-state index contributed by atoms with van der Waals surface area (Å²) in [7, 11) is 0. The molecule has 0 N–H and O–H groups in total. The van der Waals surface area contributed by atoms with Crippen LogP contribution in [-0.4, -0.2) is 0 Å². The molecule has 296 valence electrons. The minimum absolute atomic E-state index is 1.08. The minimum Gasteiger partial charge on any atom is -0.310 e. The lowest BCUT2D eigenvalue weighted by molar-refractivity contribution is 1.28. The summed E-state index contributed by atoms with van der Waals surface area (Å²) in [5, 5.41) is 4.95. The van der Waals surface area contributed by atoms with Gasteiger partial charge in [0.25, 0.3) is 0 Å². The molecule has 1 nitrogen and oxygen atoms in total. The molecule has 1 heteroatoms. The molecule has 0 radical (unpaired) electrons. The van der Waals surface area contributed by atoms with E-state index in [1.165, 1.54) is 66.1 Å². The summed E-state index contributed by atoms with van der Waals surface area (Å²) in [6, 6.07) is 94.8. The molecular weight excluding hydrogens is 759 g/mol. The summed E-state index contributed by atoms with van der Waals surface area (Å²) in [6.07, 6.45) is 0. The number of fused-ring (bicyclic) bond motifs is 2. The van der Waals surface area contributed by atoms with E-state index in [4.69, 9.17) is 0 Å². The summed E-state index contributed by atoms with van der Waals surface area (Å²) in [5.74, 6) is 0. The van der Waals surface area contributed by atoms with Crippen LogP contribution in [0.15, 0.2) is 261 Å². The zero-order valence-electron chi connectivity index (χ0n) is 34.8. The number of hydrogen-bond donors (Lipinski definition) is 0. The van der Waals surface area contributed by atoms with E-state index in [0.717, 1.165) is 39.3 Å². The molecule has 11 aromatic carbocycles. The number of hydrogen-bond acceptors (Lipinski definition) is 1. The Kier molecular flexibility index (Phi) is 9.97. The standard InChI is InChI=1S/C62H43N/c1-4-14-44(15-5-1)56-40-57(45-16-6-2-7-17-45)42-58(41-56)49-30-35-60(36-31-49)63(59-33-28-48(29-34-59)53-26-24-46-18-10-12-22-51(46)38-53)62-43-55(32-37-61(62)50-20-8-3-9-21-50)54-27-25-47-19-11-13-23-52(47)39-54/h1-43H. The Morgan fingerprint density at radius 1 is 0.190 bits per heavy atom. The van der Waals surface area contributed by atoms with E-state index in [0.29, 0.717) is 0 Å². The van der Waals surface area contributed by atoms with Crippen molar-refractivity contribution in [2.24, 2.45) is 0 Å². The molecule has 0 spiro atoms. The first-order valence-electron chi connectivity index (χ1n) is 21.6. The molecule has 0 aliphatic heterocycles. The SMILES string of the molecule is c1ccc(-c2cc(-c3ccccc3)cc(-c3ccc(N(c4ccc(-c5ccc6ccccc6c5)cc4)c4cc(-c5ccc6ccccc6c5)ccc4-c4ccccc4)cc3)c2)cc1. The quantitative estimate of drug-likeness (QED) is 0.141. The third kappa shape index (κ3) is 7.69. The van der Waals surface area contributed by atoms with E-state index >= 15 is 0 Å². The van der Waals surface area contributed by atoms with Gasteiger partial charge in [0.2, 0.25) is 0 Å². The van der Waals surface area contributed by atoms with Crippen LogP contribution in [0.1, 0.15) is 0 Å². The van der Waals surface area contributed by atoms with Crippen molar-refractivity contribution in [3.63, 3.8) is 0 Å². The Morgan fingerprint density at radius 2 is 0.524 bits per heavy atom. The van der Waals surface area contributed by atoms with Gasteiger partial charge in [0.05, 0.1) is 5.69 Å². The summed E-state index contributed by atoms with van der Waals surface area (Å²) < 4.78 is 0. The highest BCUT2D eigenvalue weighted by Gasteiger charge is 2.20. The van der Waals surface area contributed by atoms with Crippen LogP contribution in [0.4, 0.5) is 17.1 Å². The Hall–Kier alpha value is -8.26. The van der Waals surface area contributed by atoms with Crippen molar-refractivity contribution >= 4 is 38.6 Å². The maximum atomic E-state index is 2.43. The average molecular weight is 802 g/mol. The molecule has 0 unspecified atom stereocenters.